The number of alkyl halides is 9. The number of esters is 2. The number of hydrogen-bond acceptors (Lipinski definition) is 6. The second kappa shape index (κ2) is 12.6. The predicted octanol–water partition coefficient (Wildman–Crippen LogP) is 6.22. The van der Waals surface area contributed by atoms with Gasteiger partial charge < -0.3 is 19.9 Å². The standard InChI is InChI=1S/C27H16F9NO7/c28-25(29,30)15-7-3-5-13(11-15)23(41)43-19(21(38)37-18-10-2-1-9-17(18)27(34,35)36)20(22(39)40)44-24(42)14-6-4-8-16(12-14)26(31,32)33/h1-12,19-20H,(H,37,38)(H,39,40)/t19-,20+/m1/s1. The zero-order valence-electron chi connectivity index (χ0n) is 21.4. The molecule has 0 aliphatic heterocycles. The Morgan fingerprint density at radius 2 is 1.07 bits per heavy atom. The normalized spacial score (nSPS) is 13.4. The zero-order chi connectivity index (χ0) is 33.0. The third-order valence-electron chi connectivity index (χ3n) is 5.59. The number of carboxylic acids is 1. The van der Waals surface area contributed by atoms with Gasteiger partial charge in [-0.05, 0) is 48.5 Å². The summed E-state index contributed by atoms with van der Waals surface area (Å²) in [6.45, 7) is 0. The van der Waals surface area contributed by atoms with Gasteiger partial charge in [0, 0.05) is 0 Å². The van der Waals surface area contributed by atoms with E-state index in [9.17, 15) is 63.8 Å². The molecule has 0 saturated carbocycles. The molecule has 2 N–H and O–H groups in total. The molecule has 234 valence electrons. The van der Waals surface area contributed by atoms with Crippen LogP contribution in [-0.2, 0) is 37.6 Å². The lowest BCUT2D eigenvalue weighted by molar-refractivity contribution is -0.157. The van der Waals surface area contributed by atoms with Gasteiger partial charge in [0.25, 0.3) is 5.91 Å². The molecule has 8 nitrogen and oxygen atoms in total. The molecule has 0 saturated heterocycles. The molecule has 2 atom stereocenters. The minimum atomic E-state index is -5.07. The second-order valence-electron chi connectivity index (χ2n) is 8.68. The van der Waals surface area contributed by atoms with Gasteiger partial charge in [0.05, 0.1) is 33.5 Å². The first-order chi connectivity index (χ1) is 20.3. The van der Waals surface area contributed by atoms with Crippen LogP contribution >= 0.6 is 0 Å². The maximum atomic E-state index is 13.5. The summed E-state index contributed by atoms with van der Waals surface area (Å²) in [5.41, 5.74) is -6.98. The number of aliphatic carboxylic acids is 1. The summed E-state index contributed by atoms with van der Waals surface area (Å²) >= 11 is 0. The third kappa shape index (κ3) is 8.26. The highest BCUT2D eigenvalue weighted by Gasteiger charge is 2.43. The van der Waals surface area contributed by atoms with Crippen LogP contribution in [0.5, 0.6) is 0 Å². The van der Waals surface area contributed by atoms with Gasteiger partial charge in [-0.3, -0.25) is 4.79 Å². The number of carboxylic acid groups (broad SMARTS) is 1. The Kier molecular flexibility index (Phi) is 9.60. The predicted molar refractivity (Wildman–Crippen MR) is 129 cm³/mol. The van der Waals surface area contributed by atoms with Crippen LogP contribution < -0.4 is 5.32 Å². The number of carbonyl (C=O) groups excluding carboxylic acids is 3. The van der Waals surface area contributed by atoms with Crippen molar-refractivity contribution in [1.29, 1.82) is 0 Å². The Hall–Kier alpha value is -5.09. The summed E-state index contributed by atoms with van der Waals surface area (Å²) in [6.07, 6.45) is -20.8. The largest absolute Gasteiger partial charge is 0.478 e. The molecule has 1 amide bonds. The van der Waals surface area contributed by atoms with Crippen molar-refractivity contribution < 1.29 is 73.3 Å². The van der Waals surface area contributed by atoms with Crippen molar-refractivity contribution >= 4 is 29.5 Å². The number of halogens is 9. The highest BCUT2D eigenvalue weighted by Crippen LogP contribution is 2.35. The van der Waals surface area contributed by atoms with Crippen molar-refractivity contribution in [2.24, 2.45) is 0 Å². The van der Waals surface area contributed by atoms with E-state index >= 15 is 0 Å². The highest BCUT2D eigenvalue weighted by atomic mass is 19.4. The lowest BCUT2D eigenvalue weighted by Gasteiger charge is -2.24. The van der Waals surface area contributed by atoms with Crippen LogP contribution in [0.3, 0.4) is 0 Å². The monoisotopic (exact) mass is 637 g/mol. The van der Waals surface area contributed by atoms with Gasteiger partial charge in [0.1, 0.15) is 0 Å². The molecule has 0 fully saturated rings. The molecule has 3 aromatic carbocycles. The number of nitrogens with one attached hydrogen (secondary N) is 1. The van der Waals surface area contributed by atoms with Gasteiger partial charge >= 0.3 is 36.4 Å². The van der Waals surface area contributed by atoms with Gasteiger partial charge in [-0.15, -0.1) is 0 Å². The molecule has 0 aromatic heterocycles. The van der Waals surface area contributed by atoms with Crippen molar-refractivity contribution in [2.75, 3.05) is 5.32 Å². The van der Waals surface area contributed by atoms with Crippen molar-refractivity contribution in [1.82, 2.24) is 0 Å². The Labute approximate surface area is 240 Å². The topological polar surface area (TPSA) is 119 Å². The van der Waals surface area contributed by atoms with E-state index < -0.39 is 88.1 Å². The number of ether oxygens (including phenoxy) is 2. The third-order valence-corrected chi connectivity index (χ3v) is 5.59. The summed E-state index contributed by atoms with van der Waals surface area (Å²) < 4.78 is 128. The Balaban J connectivity index is 2.03. The number of amides is 1. The number of benzene rings is 3. The van der Waals surface area contributed by atoms with Gasteiger partial charge in [-0.25, -0.2) is 14.4 Å². The molecule has 0 heterocycles. The Morgan fingerprint density at radius 1 is 0.614 bits per heavy atom. The summed E-state index contributed by atoms with van der Waals surface area (Å²) in [4.78, 5) is 50.5. The van der Waals surface area contributed by atoms with Gasteiger partial charge in [0.2, 0.25) is 12.2 Å². The van der Waals surface area contributed by atoms with Crippen LogP contribution in [-0.4, -0.2) is 41.1 Å². The van der Waals surface area contributed by atoms with E-state index in [1.54, 1.807) is 5.32 Å². The van der Waals surface area contributed by atoms with E-state index in [0.29, 0.717) is 18.2 Å². The van der Waals surface area contributed by atoms with Gasteiger partial charge in [0.15, 0.2) is 0 Å². The Bertz CT molecular complexity index is 1570. The molecule has 3 rings (SSSR count). The summed E-state index contributed by atoms with van der Waals surface area (Å²) in [7, 11) is 0. The van der Waals surface area contributed by atoms with Crippen LogP contribution in [0.1, 0.15) is 37.4 Å². The van der Waals surface area contributed by atoms with E-state index in [1.165, 1.54) is 0 Å². The molecular formula is C27H16F9NO7. The van der Waals surface area contributed by atoms with Crippen LogP contribution in [0.4, 0.5) is 45.2 Å². The molecular weight excluding hydrogens is 621 g/mol. The summed E-state index contributed by atoms with van der Waals surface area (Å²) in [6, 6.07) is 7.82. The van der Waals surface area contributed by atoms with E-state index in [2.05, 4.69) is 4.74 Å². The van der Waals surface area contributed by atoms with E-state index in [1.807, 2.05) is 0 Å². The number of carbonyl (C=O) groups is 4. The van der Waals surface area contributed by atoms with Crippen LogP contribution in [0.15, 0.2) is 72.8 Å². The number of hydrogen-bond donors (Lipinski definition) is 2. The second-order valence-corrected chi connectivity index (χ2v) is 8.68. The van der Waals surface area contributed by atoms with Crippen molar-refractivity contribution in [3.05, 3.63) is 101 Å². The van der Waals surface area contributed by atoms with Gasteiger partial charge in [-0.1, -0.05) is 24.3 Å². The molecule has 0 aliphatic rings. The molecule has 0 aliphatic carbocycles. The smallest absolute Gasteiger partial charge is 0.418 e. The van der Waals surface area contributed by atoms with Crippen molar-refractivity contribution in [3.8, 4) is 0 Å². The van der Waals surface area contributed by atoms with E-state index in [0.717, 1.165) is 42.5 Å². The molecule has 3 aromatic rings. The molecule has 0 unspecified atom stereocenters. The van der Waals surface area contributed by atoms with Crippen LogP contribution in [0.25, 0.3) is 0 Å². The lowest BCUT2D eigenvalue weighted by Crippen LogP contribution is -2.48. The minimum Gasteiger partial charge on any atom is -0.478 e. The fourth-order valence-electron chi connectivity index (χ4n) is 3.55. The first kappa shape index (κ1) is 33.4. The van der Waals surface area contributed by atoms with Crippen LogP contribution in [0.2, 0.25) is 0 Å². The van der Waals surface area contributed by atoms with E-state index in [4.69, 9.17) is 4.74 Å². The van der Waals surface area contributed by atoms with E-state index in [-0.39, 0.29) is 12.1 Å². The van der Waals surface area contributed by atoms with Crippen LogP contribution in [0, 0.1) is 0 Å². The number of rotatable bonds is 8. The minimum absolute atomic E-state index is 0.251. The molecule has 0 radical (unpaired) electrons. The maximum Gasteiger partial charge on any atom is 0.418 e. The van der Waals surface area contributed by atoms with Gasteiger partial charge in [-0.2, -0.15) is 39.5 Å². The molecule has 0 spiro atoms. The quantitative estimate of drug-likeness (QED) is 0.223. The number of anilines is 1. The van der Waals surface area contributed by atoms with Crippen molar-refractivity contribution in [2.45, 2.75) is 30.7 Å². The average Bonchev–Trinajstić information content (AvgIpc) is 2.93. The fourth-order valence-corrected chi connectivity index (χ4v) is 3.55. The lowest BCUT2D eigenvalue weighted by atomic mass is 10.1. The highest BCUT2D eigenvalue weighted by molar-refractivity contribution is 6.02. The molecule has 0 bridgehead atoms. The van der Waals surface area contributed by atoms with Crippen molar-refractivity contribution in [3.63, 3.8) is 0 Å². The summed E-state index contributed by atoms with van der Waals surface area (Å²) in [5.74, 6) is -7.73. The number of para-hydroxylation sites is 1. The first-order valence-corrected chi connectivity index (χ1v) is 11.8. The first-order valence-electron chi connectivity index (χ1n) is 11.8. The summed E-state index contributed by atoms with van der Waals surface area (Å²) in [5, 5.41) is 11.4. The zero-order valence-corrected chi connectivity index (χ0v) is 21.4. The molecule has 17 heteroatoms. The maximum absolute atomic E-state index is 13.5. The Morgan fingerprint density at radius 3 is 1.50 bits per heavy atom. The fraction of sp³-hybridized carbons (Fsp3) is 0.185. The SMILES string of the molecule is O=C(O[C@H](C(=O)O)[C@@H](OC(=O)c1cccc(C(F)(F)F)c1)C(=O)Nc1ccccc1C(F)(F)F)c1cccc(C(F)(F)F)c1. The average molecular weight is 637 g/mol. The molecule has 44 heavy (non-hydrogen) atoms.